The van der Waals surface area contributed by atoms with Crippen molar-refractivity contribution >= 4 is 24.1 Å². The van der Waals surface area contributed by atoms with Crippen molar-refractivity contribution in [2.75, 3.05) is 52.4 Å². The number of hydrogen-bond donors (Lipinski definition) is 2. The van der Waals surface area contributed by atoms with Crippen molar-refractivity contribution in [3.8, 4) is 0 Å². The summed E-state index contributed by atoms with van der Waals surface area (Å²) in [4.78, 5) is 60.0. The fourth-order valence-electron chi connectivity index (χ4n) is 11.6. The number of carboxylic acids is 1. The molecule has 0 bridgehead atoms. The van der Waals surface area contributed by atoms with E-state index in [1.54, 1.807) is 0 Å². The maximum absolute atomic E-state index is 12.7. The van der Waals surface area contributed by atoms with Crippen LogP contribution in [0.25, 0.3) is 0 Å². The van der Waals surface area contributed by atoms with Gasteiger partial charge in [-0.3, -0.25) is 19.4 Å². The second kappa shape index (κ2) is 18.8. The van der Waals surface area contributed by atoms with Crippen molar-refractivity contribution in [3.05, 3.63) is 0 Å². The van der Waals surface area contributed by atoms with Crippen molar-refractivity contribution in [1.29, 1.82) is 0 Å². The topological polar surface area (TPSA) is 135 Å². The Bertz CT molecular complexity index is 1470. The highest BCUT2D eigenvalue weighted by atomic mass is 16.6. The van der Waals surface area contributed by atoms with Gasteiger partial charge in [-0.25, -0.2) is 9.59 Å². The van der Waals surface area contributed by atoms with Crippen LogP contribution in [0.4, 0.5) is 9.59 Å². The molecule has 7 aliphatic rings. The van der Waals surface area contributed by atoms with Gasteiger partial charge in [0.1, 0.15) is 11.2 Å². The Morgan fingerprint density at radius 2 is 1.19 bits per heavy atom. The molecule has 0 aromatic heterocycles. The molecular weight excluding hydrogens is 749 g/mol. The first kappa shape index (κ1) is 45.9. The number of rotatable bonds is 7. The summed E-state index contributed by atoms with van der Waals surface area (Å²) < 4.78 is 11.1. The maximum atomic E-state index is 12.7. The van der Waals surface area contributed by atoms with Gasteiger partial charge in [0.05, 0.1) is 0 Å². The molecule has 7 fully saturated rings. The van der Waals surface area contributed by atoms with Gasteiger partial charge in [0.15, 0.2) is 0 Å². The highest BCUT2D eigenvalue weighted by Gasteiger charge is 2.48. The quantitative estimate of drug-likeness (QED) is 0.273. The summed E-state index contributed by atoms with van der Waals surface area (Å²) in [6.07, 6.45) is 16.4. The molecule has 2 aliphatic carbocycles. The standard InChI is InChI=1S/C23H41N3O4.C23H39N3O3/c1-22(2,3)30-21(29)25-14-11-23(4,16-25)26-12-9-18(10-13-26)24-19-8-6-5-7-17(19)15-20(27)28;1-22(2,3)29-21(28)24-14-11-23(4,16-24)25-12-9-18(10-13-25)26-19-8-6-5-7-17(19)15-20(26)27/h17-19,24H,5-16H2,1-4H3,(H,27,28);17-19H,5-16H2,1-4H3/t2*17-,19+,23?/m11/s1. The molecule has 0 aromatic carbocycles. The van der Waals surface area contributed by atoms with Crippen molar-refractivity contribution in [3.63, 3.8) is 0 Å². The number of carbonyl (C=O) groups excluding carboxylic acids is 3. The minimum atomic E-state index is -0.674. The van der Waals surface area contributed by atoms with E-state index >= 15 is 0 Å². The molecule has 13 heteroatoms. The Morgan fingerprint density at radius 3 is 1.71 bits per heavy atom. The SMILES string of the molecule is CC(C)(C)OC(=O)N1CCC(C)(N2CCC(N3C(=O)C[C@H]4CCCC[C@@H]43)CC2)C1.CC(C)(C)OC(=O)N1CCC(C)(N2CCC(N[C@H]3CCCC[C@@H]3CC(=O)O)CC2)C1. The Balaban J connectivity index is 0.000000198. The summed E-state index contributed by atoms with van der Waals surface area (Å²) in [5, 5.41) is 13.0. The predicted octanol–water partition coefficient (Wildman–Crippen LogP) is 7.11. The van der Waals surface area contributed by atoms with E-state index in [0.717, 1.165) is 117 Å². The Kier molecular flexibility index (Phi) is 14.6. The molecule has 3 amide bonds. The van der Waals surface area contributed by atoms with Crippen LogP contribution >= 0.6 is 0 Å². The second-order valence-corrected chi connectivity index (χ2v) is 21.8. The molecule has 0 aromatic rings. The van der Waals surface area contributed by atoms with E-state index < -0.39 is 17.2 Å². The van der Waals surface area contributed by atoms with E-state index in [0.29, 0.717) is 36.0 Å². The summed E-state index contributed by atoms with van der Waals surface area (Å²) in [7, 11) is 0. The second-order valence-electron chi connectivity index (χ2n) is 21.8. The summed E-state index contributed by atoms with van der Waals surface area (Å²) in [6, 6.07) is 1.74. The van der Waals surface area contributed by atoms with Crippen molar-refractivity contribution < 1.29 is 33.8 Å². The first-order valence-electron chi connectivity index (χ1n) is 23.5. The number of fused-ring (bicyclic) bond motifs is 1. The third kappa shape index (κ3) is 11.8. The fourth-order valence-corrected chi connectivity index (χ4v) is 11.6. The van der Waals surface area contributed by atoms with Crippen molar-refractivity contribution in [2.24, 2.45) is 11.8 Å². The third-order valence-electron chi connectivity index (χ3n) is 14.8. The number of ether oxygens (including phenoxy) is 2. The molecule has 13 nitrogen and oxygen atoms in total. The first-order valence-corrected chi connectivity index (χ1v) is 23.5. The van der Waals surface area contributed by atoms with Gasteiger partial charge in [-0.2, -0.15) is 0 Å². The molecule has 2 N–H and O–H groups in total. The normalized spacial score (nSPS) is 33.1. The van der Waals surface area contributed by atoms with E-state index in [9.17, 15) is 24.3 Å². The minimum Gasteiger partial charge on any atom is -0.481 e. The van der Waals surface area contributed by atoms with Gasteiger partial charge in [0.25, 0.3) is 0 Å². The molecule has 336 valence electrons. The highest BCUT2D eigenvalue weighted by Crippen LogP contribution is 2.41. The zero-order valence-electron chi connectivity index (χ0n) is 38.1. The number of carboxylic acid groups (broad SMARTS) is 1. The molecule has 5 saturated heterocycles. The zero-order valence-corrected chi connectivity index (χ0v) is 38.1. The number of aliphatic carboxylic acids is 1. The van der Waals surface area contributed by atoms with Crippen LogP contribution in [0, 0.1) is 11.8 Å². The molecule has 2 saturated carbocycles. The molecule has 59 heavy (non-hydrogen) atoms. The smallest absolute Gasteiger partial charge is 0.410 e. The lowest BCUT2D eigenvalue weighted by molar-refractivity contribution is -0.138. The summed E-state index contributed by atoms with van der Waals surface area (Å²) in [5.74, 6) is 0.615. The van der Waals surface area contributed by atoms with Crippen LogP contribution in [0.3, 0.4) is 0 Å². The first-order chi connectivity index (χ1) is 27.7. The van der Waals surface area contributed by atoms with E-state index in [2.05, 4.69) is 33.9 Å². The Hall–Kier alpha value is -2.64. The fraction of sp³-hybridized carbons (Fsp3) is 0.913. The third-order valence-corrected chi connectivity index (χ3v) is 14.8. The van der Waals surface area contributed by atoms with Crippen LogP contribution in [0.2, 0.25) is 0 Å². The van der Waals surface area contributed by atoms with Gasteiger partial charge in [-0.1, -0.05) is 25.7 Å². The van der Waals surface area contributed by atoms with Crippen LogP contribution in [0.5, 0.6) is 0 Å². The average molecular weight is 829 g/mol. The molecule has 5 heterocycles. The lowest BCUT2D eigenvalue weighted by atomic mass is 9.81. The van der Waals surface area contributed by atoms with Gasteiger partial charge in [-0.15, -0.1) is 0 Å². The van der Waals surface area contributed by atoms with Crippen LogP contribution < -0.4 is 5.32 Å². The summed E-state index contributed by atoms with van der Waals surface area (Å²) >= 11 is 0. The van der Waals surface area contributed by atoms with Gasteiger partial charge in [0.2, 0.25) is 5.91 Å². The number of nitrogens with one attached hydrogen (secondary N) is 1. The predicted molar refractivity (Wildman–Crippen MR) is 229 cm³/mol. The van der Waals surface area contributed by atoms with Gasteiger partial charge < -0.3 is 34.6 Å². The number of amides is 3. The van der Waals surface area contributed by atoms with Crippen molar-refractivity contribution in [1.82, 2.24) is 29.8 Å². The monoisotopic (exact) mass is 829 g/mol. The highest BCUT2D eigenvalue weighted by molar-refractivity contribution is 5.79. The maximum Gasteiger partial charge on any atom is 0.410 e. The number of hydrogen-bond acceptors (Lipinski definition) is 9. The summed E-state index contributed by atoms with van der Waals surface area (Å²) in [5.41, 5.74) is -0.881. The number of carbonyl (C=O) groups is 4. The Labute approximate surface area is 355 Å². The largest absolute Gasteiger partial charge is 0.481 e. The molecule has 2 unspecified atom stereocenters. The van der Waals surface area contributed by atoms with Crippen molar-refractivity contribution in [2.45, 2.75) is 205 Å². The van der Waals surface area contributed by atoms with Gasteiger partial charge >= 0.3 is 18.2 Å². The molecule has 5 aliphatic heterocycles. The number of likely N-dealkylation sites (tertiary alicyclic amines) is 5. The lowest BCUT2D eigenvalue weighted by Crippen LogP contribution is -2.56. The summed E-state index contributed by atoms with van der Waals surface area (Å²) in [6.45, 7) is 23.1. The number of piperidine rings is 2. The number of nitrogens with zero attached hydrogens (tertiary/aromatic N) is 5. The van der Waals surface area contributed by atoms with Gasteiger partial charge in [-0.05, 0) is 131 Å². The van der Waals surface area contributed by atoms with E-state index in [1.807, 2.05) is 51.3 Å². The molecule has 7 rings (SSSR count). The van der Waals surface area contributed by atoms with E-state index in [4.69, 9.17) is 9.47 Å². The van der Waals surface area contributed by atoms with E-state index in [1.165, 1.54) is 32.1 Å². The van der Waals surface area contributed by atoms with Crippen LogP contribution in [-0.2, 0) is 19.1 Å². The average Bonchev–Trinajstić information content (AvgIpc) is 3.87. The van der Waals surface area contributed by atoms with E-state index in [-0.39, 0.29) is 35.6 Å². The van der Waals surface area contributed by atoms with Crippen LogP contribution in [0.1, 0.15) is 158 Å². The van der Waals surface area contributed by atoms with Crippen LogP contribution in [0.15, 0.2) is 0 Å². The zero-order chi connectivity index (χ0) is 42.8. The molecule has 6 atom stereocenters. The molecule has 0 radical (unpaired) electrons. The Morgan fingerprint density at radius 1 is 0.695 bits per heavy atom. The molecule has 0 spiro atoms. The lowest BCUT2D eigenvalue weighted by Gasteiger charge is -2.46. The molecular formula is C46H80N6O7. The van der Waals surface area contributed by atoms with Gasteiger partial charge in [0, 0.05) is 100 Å². The minimum absolute atomic E-state index is 0.0125. The van der Waals surface area contributed by atoms with Crippen LogP contribution in [-0.4, -0.2) is 152 Å².